The van der Waals surface area contributed by atoms with Crippen molar-refractivity contribution >= 4 is 17.7 Å². The van der Waals surface area contributed by atoms with E-state index >= 15 is 0 Å². The fourth-order valence-corrected chi connectivity index (χ4v) is 3.89. The average molecular weight is 344 g/mol. The van der Waals surface area contributed by atoms with Gasteiger partial charge in [-0.25, -0.2) is 0 Å². The molecule has 0 spiro atoms. The summed E-state index contributed by atoms with van der Waals surface area (Å²) >= 11 is 1.45. The van der Waals surface area contributed by atoms with Gasteiger partial charge in [-0.3, -0.25) is 4.79 Å². The largest absolute Gasteiger partial charge is 0.351 e. The number of rotatable bonds is 6. The molecule has 128 valence electrons. The summed E-state index contributed by atoms with van der Waals surface area (Å²) in [6.45, 7) is 0.562. The van der Waals surface area contributed by atoms with Crippen LogP contribution in [0.1, 0.15) is 49.4 Å². The van der Waals surface area contributed by atoms with Crippen LogP contribution in [0.4, 0.5) is 0 Å². The topological polar surface area (TPSA) is 59.8 Å². The Morgan fingerprint density at radius 1 is 1.21 bits per heavy atom. The van der Waals surface area contributed by atoms with Crippen molar-refractivity contribution in [2.24, 2.45) is 7.05 Å². The quantitative estimate of drug-likeness (QED) is 0.817. The highest BCUT2D eigenvalue weighted by molar-refractivity contribution is 7.99. The highest BCUT2D eigenvalue weighted by atomic mass is 32.2. The standard InChI is InChI=1S/C18H24N4OS/c1-22-17(15-10-6-3-7-11-15)20-21-18(22)24-13-16(23)19-12-14-8-4-2-5-9-14/h2,4-5,8-9,15H,3,6-7,10-13H2,1H3,(H,19,23). The number of carbonyl (C=O) groups excluding carboxylic acids is 1. The third-order valence-corrected chi connectivity index (χ3v) is 5.52. The minimum Gasteiger partial charge on any atom is -0.351 e. The summed E-state index contributed by atoms with van der Waals surface area (Å²) in [7, 11) is 2.01. The van der Waals surface area contributed by atoms with Crippen LogP contribution >= 0.6 is 11.8 Å². The Kier molecular flexibility index (Phi) is 5.91. The van der Waals surface area contributed by atoms with Crippen molar-refractivity contribution in [3.63, 3.8) is 0 Å². The molecule has 3 rings (SSSR count). The summed E-state index contributed by atoms with van der Waals surface area (Å²) in [5.41, 5.74) is 1.11. The Morgan fingerprint density at radius 3 is 2.71 bits per heavy atom. The van der Waals surface area contributed by atoms with Gasteiger partial charge in [-0.2, -0.15) is 0 Å². The maximum absolute atomic E-state index is 12.0. The molecule has 24 heavy (non-hydrogen) atoms. The molecule has 2 aromatic rings. The first-order chi connectivity index (χ1) is 11.7. The molecule has 0 radical (unpaired) electrons. The number of nitrogens with zero attached hydrogens (tertiary/aromatic N) is 3. The first-order valence-corrected chi connectivity index (χ1v) is 9.55. The van der Waals surface area contributed by atoms with Gasteiger partial charge in [-0.1, -0.05) is 61.4 Å². The van der Waals surface area contributed by atoms with Crippen LogP contribution in [0.2, 0.25) is 0 Å². The maximum atomic E-state index is 12.0. The molecule has 0 aliphatic heterocycles. The highest BCUT2D eigenvalue weighted by Gasteiger charge is 2.22. The van der Waals surface area contributed by atoms with Crippen LogP contribution in [0.3, 0.4) is 0 Å². The van der Waals surface area contributed by atoms with Gasteiger partial charge in [0.05, 0.1) is 5.75 Å². The number of carbonyl (C=O) groups is 1. The number of amides is 1. The fraction of sp³-hybridized carbons (Fsp3) is 0.500. The van der Waals surface area contributed by atoms with E-state index in [-0.39, 0.29) is 5.91 Å². The summed E-state index contributed by atoms with van der Waals surface area (Å²) < 4.78 is 2.06. The normalized spacial score (nSPS) is 15.4. The lowest BCUT2D eigenvalue weighted by molar-refractivity contribution is -0.118. The van der Waals surface area contributed by atoms with Gasteiger partial charge in [0, 0.05) is 19.5 Å². The zero-order valence-corrected chi connectivity index (χ0v) is 14.9. The predicted molar refractivity (Wildman–Crippen MR) is 95.8 cm³/mol. The number of hydrogen-bond acceptors (Lipinski definition) is 4. The third kappa shape index (κ3) is 4.38. The molecule has 1 aliphatic rings. The second-order valence-electron chi connectivity index (χ2n) is 6.29. The second kappa shape index (κ2) is 8.33. The monoisotopic (exact) mass is 344 g/mol. The third-order valence-electron chi connectivity index (χ3n) is 4.50. The lowest BCUT2D eigenvalue weighted by Crippen LogP contribution is -2.24. The van der Waals surface area contributed by atoms with Crippen LogP contribution in [0.15, 0.2) is 35.5 Å². The van der Waals surface area contributed by atoms with E-state index < -0.39 is 0 Å². The second-order valence-corrected chi connectivity index (χ2v) is 7.23. The van der Waals surface area contributed by atoms with E-state index in [4.69, 9.17) is 0 Å². The van der Waals surface area contributed by atoms with E-state index in [0.29, 0.717) is 18.2 Å². The molecule has 0 atom stereocenters. The molecule has 5 nitrogen and oxygen atoms in total. The van der Waals surface area contributed by atoms with E-state index in [1.54, 1.807) is 0 Å². The molecule has 1 aromatic carbocycles. The van der Waals surface area contributed by atoms with Crippen molar-refractivity contribution in [3.8, 4) is 0 Å². The first kappa shape index (κ1) is 17.0. The van der Waals surface area contributed by atoms with Crippen LogP contribution in [0.5, 0.6) is 0 Å². The summed E-state index contributed by atoms with van der Waals surface area (Å²) in [6, 6.07) is 9.93. The van der Waals surface area contributed by atoms with Crippen LogP contribution in [-0.2, 0) is 18.4 Å². The fourth-order valence-electron chi connectivity index (χ4n) is 3.15. The van der Waals surface area contributed by atoms with Crippen molar-refractivity contribution in [1.82, 2.24) is 20.1 Å². The minimum absolute atomic E-state index is 0.0195. The molecule has 6 heteroatoms. The predicted octanol–water partition coefficient (Wildman–Crippen LogP) is 3.27. The van der Waals surface area contributed by atoms with Gasteiger partial charge < -0.3 is 9.88 Å². The number of nitrogens with one attached hydrogen (secondary N) is 1. The first-order valence-electron chi connectivity index (χ1n) is 8.57. The maximum Gasteiger partial charge on any atom is 0.230 e. The summed E-state index contributed by atoms with van der Waals surface area (Å²) in [6.07, 6.45) is 6.30. The van der Waals surface area contributed by atoms with Gasteiger partial charge in [-0.15, -0.1) is 10.2 Å². The average Bonchev–Trinajstić information content (AvgIpc) is 3.00. The van der Waals surface area contributed by atoms with Gasteiger partial charge in [0.15, 0.2) is 5.16 Å². The summed E-state index contributed by atoms with van der Waals surface area (Å²) in [5, 5.41) is 12.4. The smallest absolute Gasteiger partial charge is 0.230 e. The number of thioether (sulfide) groups is 1. The van der Waals surface area contributed by atoms with Gasteiger partial charge in [0.25, 0.3) is 0 Å². The Bertz CT molecular complexity index is 665. The lowest BCUT2D eigenvalue weighted by atomic mass is 9.89. The summed E-state index contributed by atoms with van der Waals surface area (Å²) in [4.78, 5) is 12.0. The Morgan fingerprint density at radius 2 is 1.96 bits per heavy atom. The zero-order chi connectivity index (χ0) is 16.8. The molecule has 1 aliphatic carbocycles. The van der Waals surface area contributed by atoms with E-state index in [0.717, 1.165) is 16.5 Å². The van der Waals surface area contributed by atoms with Crippen molar-refractivity contribution in [2.45, 2.75) is 49.7 Å². The highest BCUT2D eigenvalue weighted by Crippen LogP contribution is 2.32. The van der Waals surface area contributed by atoms with Gasteiger partial charge in [0.2, 0.25) is 5.91 Å². The van der Waals surface area contributed by atoms with E-state index in [9.17, 15) is 4.79 Å². The zero-order valence-electron chi connectivity index (χ0n) is 14.1. The van der Waals surface area contributed by atoms with Crippen molar-refractivity contribution in [1.29, 1.82) is 0 Å². The van der Waals surface area contributed by atoms with E-state index in [2.05, 4.69) is 20.1 Å². The SMILES string of the molecule is Cn1c(SCC(=O)NCc2ccccc2)nnc1C1CCCCC1. The molecule has 0 saturated heterocycles. The molecular weight excluding hydrogens is 320 g/mol. The molecule has 0 unspecified atom stereocenters. The van der Waals surface area contributed by atoms with Gasteiger partial charge in [-0.05, 0) is 18.4 Å². The molecule has 1 heterocycles. The Hall–Kier alpha value is -1.82. The number of aromatic nitrogens is 3. The molecule has 1 aromatic heterocycles. The van der Waals surface area contributed by atoms with Gasteiger partial charge >= 0.3 is 0 Å². The molecule has 0 bridgehead atoms. The van der Waals surface area contributed by atoms with Crippen molar-refractivity contribution in [2.75, 3.05) is 5.75 Å². The Labute approximate surface area is 147 Å². The van der Waals surface area contributed by atoms with Crippen LogP contribution in [0.25, 0.3) is 0 Å². The van der Waals surface area contributed by atoms with E-state index in [1.165, 1.54) is 43.9 Å². The lowest BCUT2D eigenvalue weighted by Gasteiger charge is -2.20. The Balaban J connectivity index is 1.49. The molecule has 1 fully saturated rings. The van der Waals surface area contributed by atoms with Crippen LogP contribution in [-0.4, -0.2) is 26.4 Å². The molecule has 1 N–H and O–H groups in total. The van der Waals surface area contributed by atoms with Crippen molar-refractivity contribution < 1.29 is 4.79 Å². The van der Waals surface area contributed by atoms with Crippen molar-refractivity contribution in [3.05, 3.63) is 41.7 Å². The molecule has 1 saturated carbocycles. The molecular formula is C18H24N4OS. The van der Waals surface area contributed by atoms with Crippen LogP contribution < -0.4 is 5.32 Å². The van der Waals surface area contributed by atoms with Gasteiger partial charge in [0.1, 0.15) is 5.82 Å². The summed E-state index contributed by atoms with van der Waals surface area (Å²) in [5.74, 6) is 1.98. The number of hydrogen-bond donors (Lipinski definition) is 1. The van der Waals surface area contributed by atoms with E-state index in [1.807, 2.05) is 37.4 Å². The minimum atomic E-state index is 0.0195. The molecule has 1 amide bonds. The number of benzene rings is 1. The van der Waals surface area contributed by atoms with Crippen LogP contribution in [0, 0.1) is 0 Å².